The number of benzene rings is 3. The van der Waals surface area contributed by atoms with E-state index >= 15 is 0 Å². The Hall–Kier alpha value is -3.13. The molecule has 2 amide bonds. The molecule has 0 aliphatic carbocycles. The highest BCUT2D eigenvalue weighted by atomic mass is 35.5. The zero-order valence-corrected chi connectivity index (χ0v) is 20.0. The molecule has 1 aliphatic rings. The lowest BCUT2D eigenvalue weighted by Crippen LogP contribution is -2.44. The van der Waals surface area contributed by atoms with Gasteiger partial charge >= 0.3 is 0 Å². The molecule has 1 heterocycles. The number of carbonyl (C=O) groups is 2. The molecule has 0 saturated carbocycles. The molecule has 166 valence electrons. The number of aryl methyl sites for hydroxylation is 1. The summed E-state index contributed by atoms with van der Waals surface area (Å²) in [6.45, 7) is 2.54. The van der Waals surface area contributed by atoms with E-state index in [4.69, 9.17) is 28.6 Å². The fourth-order valence-electron chi connectivity index (χ4n) is 3.08. The van der Waals surface area contributed by atoms with Gasteiger partial charge in [0.1, 0.15) is 12.4 Å². The van der Waals surface area contributed by atoms with E-state index in [9.17, 15) is 9.59 Å². The first-order chi connectivity index (χ1) is 15.9. The van der Waals surface area contributed by atoms with Crippen LogP contribution in [0, 0.1) is 6.92 Å². The second-order valence-corrected chi connectivity index (χ2v) is 9.36. The highest BCUT2D eigenvalue weighted by Crippen LogP contribution is 2.32. The standard InChI is InChI=1S/C25H19ClN2O3S2/c1-16-4-2-3-5-19(16)15-31-21-12-6-17(7-13-21)14-22-24(30)28(25(32)33-22)27-23(29)18-8-10-20(26)11-9-18/h2-14H,15H2,1H3,(H,27,29)/b22-14-. The van der Waals surface area contributed by atoms with Gasteiger partial charge in [-0.05, 0) is 78.3 Å². The van der Waals surface area contributed by atoms with Crippen LogP contribution in [-0.2, 0) is 11.4 Å². The molecule has 1 saturated heterocycles. The average Bonchev–Trinajstić information content (AvgIpc) is 3.07. The van der Waals surface area contributed by atoms with Gasteiger partial charge in [-0.15, -0.1) is 0 Å². The molecule has 0 atom stereocenters. The quantitative estimate of drug-likeness (QED) is 0.348. The van der Waals surface area contributed by atoms with Crippen LogP contribution in [-0.4, -0.2) is 21.1 Å². The van der Waals surface area contributed by atoms with E-state index in [1.807, 2.05) is 42.5 Å². The molecule has 0 unspecified atom stereocenters. The number of thiocarbonyl (C=S) groups is 1. The van der Waals surface area contributed by atoms with Crippen molar-refractivity contribution in [2.24, 2.45) is 0 Å². The van der Waals surface area contributed by atoms with Crippen LogP contribution < -0.4 is 10.2 Å². The Morgan fingerprint density at radius 2 is 1.79 bits per heavy atom. The molecule has 0 radical (unpaired) electrons. The van der Waals surface area contributed by atoms with E-state index in [0.29, 0.717) is 22.1 Å². The van der Waals surface area contributed by atoms with Crippen molar-refractivity contribution < 1.29 is 14.3 Å². The fourth-order valence-corrected chi connectivity index (χ4v) is 4.38. The second kappa shape index (κ2) is 10.2. The van der Waals surface area contributed by atoms with Crippen LogP contribution in [0.2, 0.25) is 5.02 Å². The van der Waals surface area contributed by atoms with Crippen LogP contribution >= 0.6 is 35.6 Å². The third-order valence-electron chi connectivity index (χ3n) is 4.95. The number of halogens is 1. The van der Waals surface area contributed by atoms with Gasteiger partial charge in [-0.1, -0.05) is 59.8 Å². The number of thioether (sulfide) groups is 1. The van der Waals surface area contributed by atoms with Crippen LogP contribution in [0.3, 0.4) is 0 Å². The number of hydrogen-bond donors (Lipinski definition) is 1. The smallest absolute Gasteiger partial charge is 0.285 e. The Morgan fingerprint density at radius 3 is 2.48 bits per heavy atom. The van der Waals surface area contributed by atoms with E-state index in [2.05, 4.69) is 18.4 Å². The Morgan fingerprint density at radius 1 is 1.09 bits per heavy atom. The van der Waals surface area contributed by atoms with Gasteiger partial charge in [0.05, 0.1) is 4.91 Å². The van der Waals surface area contributed by atoms with Gasteiger partial charge in [0.15, 0.2) is 4.32 Å². The monoisotopic (exact) mass is 494 g/mol. The van der Waals surface area contributed by atoms with Crippen molar-refractivity contribution in [3.63, 3.8) is 0 Å². The first-order valence-corrected chi connectivity index (χ1v) is 11.6. The van der Waals surface area contributed by atoms with E-state index < -0.39 is 5.91 Å². The third-order valence-corrected chi connectivity index (χ3v) is 6.50. The number of hydrazine groups is 1. The van der Waals surface area contributed by atoms with E-state index in [0.717, 1.165) is 33.6 Å². The molecule has 0 spiro atoms. The maximum Gasteiger partial charge on any atom is 0.285 e. The van der Waals surface area contributed by atoms with Crippen molar-refractivity contribution >= 4 is 57.8 Å². The molecule has 0 bridgehead atoms. The minimum absolute atomic E-state index is 0.256. The Bertz CT molecular complexity index is 1240. The normalized spacial score (nSPS) is 14.6. The number of hydrogen-bond acceptors (Lipinski definition) is 5. The lowest BCUT2D eigenvalue weighted by Gasteiger charge is -2.15. The average molecular weight is 495 g/mol. The topological polar surface area (TPSA) is 58.6 Å². The number of rotatable bonds is 6. The van der Waals surface area contributed by atoms with Crippen LogP contribution in [0.15, 0.2) is 77.7 Å². The predicted octanol–water partition coefficient (Wildman–Crippen LogP) is 5.77. The molecule has 0 aromatic heterocycles. The van der Waals surface area contributed by atoms with Gasteiger partial charge < -0.3 is 4.74 Å². The predicted molar refractivity (Wildman–Crippen MR) is 136 cm³/mol. The Kier molecular flexibility index (Phi) is 7.13. The summed E-state index contributed by atoms with van der Waals surface area (Å²) in [5.41, 5.74) is 6.06. The molecule has 1 N–H and O–H groups in total. The van der Waals surface area contributed by atoms with Crippen LogP contribution in [0.1, 0.15) is 27.0 Å². The van der Waals surface area contributed by atoms with Crippen LogP contribution in [0.5, 0.6) is 5.75 Å². The van der Waals surface area contributed by atoms with Crippen molar-refractivity contribution in [2.75, 3.05) is 0 Å². The fraction of sp³-hybridized carbons (Fsp3) is 0.0800. The van der Waals surface area contributed by atoms with Gasteiger partial charge in [0, 0.05) is 10.6 Å². The minimum atomic E-state index is -0.445. The van der Waals surface area contributed by atoms with Crippen LogP contribution in [0.4, 0.5) is 0 Å². The van der Waals surface area contributed by atoms with E-state index in [1.165, 1.54) is 5.56 Å². The maximum absolute atomic E-state index is 12.8. The lowest BCUT2D eigenvalue weighted by molar-refractivity contribution is -0.123. The summed E-state index contributed by atoms with van der Waals surface area (Å²) >= 11 is 12.3. The Balaban J connectivity index is 1.40. The summed E-state index contributed by atoms with van der Waals surface area (Å²) in [6, 6.07) is 21.9. The number of ether oxygens (including phenoxy) is 1. The highest BCUT2D eigenvalue weighted by molar-refractivity contribution is 8.26. The summed E-state index contributed by atoms with van der Waals surface area (Å²) < 4.78 is 6.12. The molecular weight excluding hydrogens is 476 g/mol. The van der Waals surface area contributed by atoms with E-state index in [1.54, 1.807) is 30.3 Å². The van der Waals surface area contributed by atoms with Crippen molar-refractivity contribution in [1.29, 1.82) is 0 Å². The summed E-state index contributed by atoms with van der Waals surface area (Å²) in [6.07, 6.45) is 1.73. The molecule has 3 aromatic carbocycles. The van der Waals surface area contributed by atoms with Gasteiger partial charge in [0.2, 0.25) is 0 Å². The summed E-state index contributed by atoms with van der Waals surface area (Å²) in [5.74, 6) is -0.0928. The second-order valence-electron chi connectivity index (χ2n) is 7.25. The Labute approximate surface area is 206 Å². The highest BCUT2D eigenvalue weighted by Gasteiger charge is 2.33. The molecule has 3 aromatic rings. The van der Waals surface area contributed by atoms with Gasteiger partial charge in [-0.2, -0.15) is 5.01 Å². The lowest BCUT2D eigenvalue weighted by atomic mass is 10.1. The van der Waals surface area contributed by atoms with E-state index in [-0.39, 0.29) is 10.2 Å². The zero-order chi connectivity index (χ0) is 23.4. The number of amides is 2. The molecule has 1 aliphatic heterocycles. The first-order valence-electron chi connectivity index (χ1n) is 10.0. The number of nitrogens with one attached hydrogen (secondary N) is 1. The zero-order valence-electron chi connectivity index (χ0n) is 17.6. The summed E-state index contributed by atoms with van der Waals surface area (Å²) in [5, 5.41) is 1.61. The molecular formula is C25H19ClN2O3S2. The van der Waals surface area contributed by atoms with Gasteiger partial charge in [-0.25, -0.2) is 0 Å². The van der Waals surface area contributed by atoms with Crippen molar-refractivity contribution in [2.45, 2.75) is 13.5 Å². The van der Waals surface area contributed by atoms with Crippen LogP contribution in [0.25, 0.3) is 6.08 Å². The summed E-state index contributed by atoms with van der Waals surface area (Å²) in [7, 11) is 0. The van der Waals surface area contributed by atoms with Gasteiger partial charge in [0.25, 0.3) is 11.8 Å². The SMILES string of the molecule is Cc1ccccc1COc1ccc(/C=C2\SC(=S)N(NC(=O)c3ccc(Cl)cc3)C2=O)cc1. The van der Waals surface area contributed by atoms with Crippen molar-refractivity contribution in [3.05, 3.63) is 105 Å². The first kappa shape index (κ1) is 23.0. The van der Waals surface area contributed by atoms with Crippen molar-refractivity contribution in [1.82, 2.24) is 10.4 Å². The summed E-state index contributed by atoms with van der Waals surface area (Å²) in [4.78, 5) is 25.6. The molecule has 8 heteroatoms. The number of carbonyl (C=O) groups excluding carboxylic acids is 2. The molecule has 4 rings (SSSR count). The number of nitrogens with zero attached hydrogens (tertiary/aromatic N) is 1. The third kappa shape index (κ3) is 5.63. The van der Waals surface area contributed by atoms with Crippen molar-refractivity contribution in [3.8, 4) is 5.75 Å². The van der Waals surface area contributed by atoms with Gasteiger partial charge in [-0.3, -0.25) is 15.0 Å². The molecule has 5 nitrogen and oxygen atoms in total. The maximum atomic E-state index is 12.8. The largest absolute Gasteiger partial charge is 0.489 e. The molecule has 33 heavy (non-hydrogen) atoms. The molecule has 1 fully saturated rings. The minimum Gasteiger partial charge on any atom is -0.489 e.